The minimum absolute atomic E-state index is 0.0202. The summed E-state index contributed by atoms with van der Waals surface area (Å²) in [5.41, 5.74) is 3.53. The van der Waals surface area contributed by atoms with Gasteiger partial charge in [-0.25, -0.2) is 29.7 Å². The summed E-state index contributed by atoms with van der Waals surface area (Å²) in [7, 11) is 1.48. The molecule has 1 atom stereocenters. The van der Waals surface area contributed by atoms with Crippen LogP contribution in [0.3, 0.4) is 0 Å². The molecule has 1 N–H and O–H groups in total. The first-order chi connectivity index (χ1) is 17.1. The normalized spacial score (nSPS) is 19.2. The average molecular weight is 482 g/mol. The first-order valence-corrected chi connectivity index (χ1v) is 11.4. The van der Waals surface area contributed by atoms with Crippen molar-refractivity contribution in [3.05, 3.63) is 65.6 Å². The second kappa shape index (κ2) is 11.2. The average Bonchev–Trinajstić information content (AvgIpc) is 3.55. The minimum atomic E-state index is -1.32. The molecule has 3 heterocycles. The summed E-state index contributed by atoms with van der Waals surface area (Å²) in [5.74, 6) is 0.144. The number of benzene rings is 1. The standard InChI is InChI=1S/C24H28FN7O3/c1-34-17-24(22(33)32(35-18-25)15-20-7-3-2-6-19(20)14-26)9-13-31(29-24)16-21-8-10-27-23(28-21)30-11-4-5-12-30/h2-3,6-10,13,29H,4-5,11-12,15-18H2,1H3. The van der Waals surface area contributed by atoms with Gasteiger partial charge >= 0.3 is 0 Å². The van der Waals surface area contributed by atoms with Crippen LogP contribution in [0.1, 0.15) is 29.7 Å². The van der Waals surface area contributed by atoms with Crippen molar-refractivity contribution in [1.29, 1.82) is 5.26 Å². The maximum Gasteiger partial charge on any atom is 0.275 e. The third-order valence-corrected chi connectivity index (χ3v) is 5.94. The lowest BCUT2D eigenvalue weighted by Gasteiger charge is -2.33. The number of carbonyl (C=O) groups is 1. The molecule has 0 spiro atoms. The predicted molar refractivity (Wildman–Crippen MR) is 125 cm³/mol. The summed E-state index contributed by atoms with van der Waals surface area (Å²) in [4.78, 5) is 29.8. The summed E-state index contributed by atoms with van der Waals surface area (Å²) < 4.78 is 18.6. The number of nitrogens with one attached hydrogen (secondary N) is 1. The van der Waals surface area contributed by atoms with Crippen molar-refractivity contribution < 1.29 is 18.8 Å². The van der Waals surface area contributed by atoms with Crippen molar-refractivity contribution in [3.8, 4) is 6.07 Å². The van der Waals surface area contributed by atoms with Crippen molar-refractivity contribution in [2.24, 2.45) is 0 Å². The fourth-order valence-corrected chi connectivity index (χ4v) is 4.23. The van der Waals surface area contributed by atoms with Crippen LogP contribution < -0.4 is 10.3 Å². The van der Waals surface area contributed by atoms with Gasteiger partial charge in [-0.15, -0.1) is 0 Å². The van der Waals surface area contributed by atoms with E-state index >= 15 is 0 Å². The van der Waals surface area contributed by atoms with Gasteiger partial charge in [-0.1, -0.05) is 18.2 Å². The number of rotatable bonds is 10. The van der Waals surface area contributed by atoms with Gasteiger partial charge in [-0.2, -0.15) is 5.26 Å². The molecule has 0 radical (unpaired) electrons. The quantitative estimate of drug-likeness (QED) is 0.510. The van der Waals surface area contributed by atoms with Gasteiger partial charge in [0.05, 0.1) is 37.0 Å². The zero-order valence-corrected chi connectivity index (χ0v) is 19.6. The van der Waals surface area contributed by atoms with Crippen LogP contribution in [0.2, 0.25) is 0 Å². The Morgan fingerprint density at radius 2 is 2.11 bits per heavy atom. The van der Waals surface area contributed by atoms with E-state index in [1.807, 2.05) is 6.07 Å². The summed E-state index contributed by atoms with van der Waals surface area (Å²) in [6.07, 6.45) is 7.37. The van der Waals surface area contributed by atoms with E-state index in [-0.39, 0.29) is 13.2 Å². The van der Waals surface area contributed by atoms with E-state index in [0.717, 1.165) is 36.7 Å². The number of hydrogen-bond donors (Lipinski definition) is 1. The fourth-order valence-electron chi connectivity index (χ4n) is 4.23. The molecule has 10 nitrogen and oxygen atoms in total. The molecule has 35 heavy (non-hydrogen) atoms. The second-order valence-corrected chi connectivity index (χ2v) is 8.35. The van der Waals surface area contributed by atoms with Crippen LogP contribution in [0.4, 0.5) is 10.3 Å². The molecule has 0 bridgehead atoms. The SMILES string of the molecule is COCC1(C(=O)N(Cc2ccccc2C#N)OCF)C=CN(Cc2ccnc(N3CCCC3)n2)N1. The van der Waals surface area contributed by atoms with Crippen LogP contribution in [-0.2, 0) is 27.5 Å². The number of nitriles is 1. The van der Waals surface area contributed by atoms with E-state index in [0.29, 0.717) is 23.6 Å². The van der Waals surface area contributed by atoms with Gasteiger partial charge in [0.1, 0.15) is 0 Å². The van der Waals surface area contributed by atoms with Crippen LogP contribution in [0, 0.1) is 11.3 Å². The van der Waals surface area contributed by atoms with Gasteiger partial charge in [0.2, 0.25) is 12.8 Å². The molecule has 0 saturated carbocycles. The number of amides is 1. The molecular formula is C24H28FN7O3. The lowest BCUT2D eigenvalue weighted by Crippen LogP contribution is -2.60. The molecular weight excluding hydrogens is 453 g/mol. The van der Waals surface area contributed by atoms with Gasteiger partial charge in [0, 0.05) is 32.6 Å². The van der Waals surface area contributed by atoms with Crippen LogP contribution in [-0.4, -0.2) is 65.2 Å². The fraction of sp³-hybridized carbons (Fsp3) is 0.417. The highest BCUT2D eigenvalue weighted by Crippen LogP contribution is 2.23. The van der Waals surface area contributed by atoms with E-state index in [4.69, 9.17) is 9.57 Å². The molecule has 1 fully saturated rings. The zero-order chi connectivity index (χ0) is 24.7. The first kappa shape index (κ1) is 24.5. The number of hydrazine groups is 1. The number of hydrogen-bond acceptors (Lipinski definition) is 9. The molecule has 2 aliphatic rings. The Morgan fingerprint density at radius 1 is 1.31 bits per heavy atom. The van der Waals surface area contributed by atoms with E-state index < -0.39 is 18.3 Å². The van der Waals surface area contributed by atoms with Crippen LogP contribution in [0.5, 0.6) is 0 Å². The molecule has 184 valence electrons. The summed E-state index contributed by atoms with van der Waals surface area (Å²) in [6.45, 7) is 0.940. The predicted octanol–water partition coefficient (Wildman–Crippen LogP) is 2.05. The summed E-state index contributed by atoms with van der Waals surface area (Å²) in [5, 5.41) is 12.0. The number of anilines is 1. The van der Waals surface area contributed by atoms with E-state index in [2.05, 4.69) is 26.4 Å². The van der Waals surface area contributed by atoms with Crippen LogP contribution >= 0.6 is 0 Å². The van der Waals surface area contributed by atoms with E-state index in [9.17, 15) is 14.4 Å². The lowest BCUT2D eigenvalue weighted by molar-refractivity contribution is -0.211. The molecule has 2 aromatic rings. The molecule has 1 saturated heterocycles. The molecule has 1 aromatic carbocycles. The molecule has 0 aliphatic carbocycles. The van der Waals surface area contributed by atoms with Gasteiger partial charge in [0.15, 0.2) is 5.54 Å². The third-order valence-electron chi connectivity index (χ3n) is 5.94. The number of methoxy groups -OCH3 is 1. The Labute approximate surface area is 203 Å². The molecule has 1 unspecified atom stereocenters. The van der Waals surface area contributed by atoms with Crippen molar-refractivity contribution in [2.45, 2.75) is 31.5 Å². The van der Waals surface area contributed by atoms with Crippen molar-refractivity contribution in [1.82, 2.24) is 25.5 Å². The first-order valence-electron chi connectivity index (χ1n) is 11.4. The molecule has 4 rings (SSSR count). The highest BCUT2D eigenvalue weighted by atomic mass is 19.1. The number of carbonyl (C=O) groups excluding carboxylic acids is 1. The Hall–Kier alpha value is -3.59. The van der Waals surface area contributed by atoms with Gasteiger partial charge in [-0.05, 0) is 36.6 Å². The van der Waals surface area contributed by atoms with Crippen molar-refractivity contribution in [2.75, 3.05) is 38.6 Å². The molecule has 11 heteroatoms. The number of aromatic nitrogens is 2. The molecule has 1 aromatic heterocycles. The number of alkyl halides is 1. The largest absolute Gasteiger partial charge is 0.382 e. The smallest absolute Gasteiger partial charge is 0.275 e. The second-order valence-electron chi connectivity index (χ2n) is 8.35. The van der Waals surface area contributed by atoms with Crippen LogP contribution in [0.15, 0.2) is 48.8 Å². The molecule has 2 aliphatic heterocycles. The minimum Gasteiger partial charge on any atom is -0.382 e. The summed E-state index contributed by atoms with van der Waals surface area (Å²) >= 11 is 0. The highest BCUT2D eigenvalue weighted by Gasteiger charge is 2.44. The third kappa shape index (κ3) is 5.57. The molecule has 1 amide bonds. The topological polar surface area (TPSA) is 107 Å². The zero-order valence-electron chi connectivity index (χ0n) is 19.6. The highest BCUT2D eigenvalue weighted by molar-refractivity contribution is 5.88. The maximum absolute atomic E-state index is 13.6. The van der Waals surface area contributed by atoms with Crippen molar-refractivity contribution in [3.63, 3.8) is 0 Å². The maximum atomic E-state index is 13.6. The number of hydroxylamine groups is 2. The van der Waals surface area contributed by atoms with Crippen molar-refractivity contribution >= 4 is 11.9 Å². The Bertz CT molecular complexity index is 1100. The van der Waals surface area contributed by atoms with Gasteiger partial charge in [-0.3, -0.25) is 4.79 Å². The van der Waals surface area contributed by atoms with E-state index in [1.165, 1.54) is 7.11 Å². The summed E-state index contributed by atoms with van der Waals surface area (Å²) in [6, 6.07) is 10.7. The number of nitrogens with zero attached hydrogens (tertiary/aromatic N) is 6. The van der Waals surface area contributed by atoms with Gasteiger partial charge < -0.3 is 14.6 Å². The Kier molecular flexibility index (Phi) is 7.87. The van der Waals surface area contributed by atoms with E-state index in [1.54, 1.807) is 47.7 Å². The van der Waals surface area contributed by atoms with Gasteiger partial charge in [0.25, 0.3) is 5.91 Å². The Morgan fingerprint density at radius 3 is 2.86 bits per heavy atom. The monoisotopic (exact) mass is 481 g/mol. The number of halogens is 1. The van der Waals surface area contributed by atoms with Crippen LogP contribution in [0.25, 0.3) is 0 Å². The lowest BCUT2D eigenvalue weighted by atomic mass is 10.0. The number of ether oxygens (including phenoxy) is 1. The Balaban J connectivity index is 1.50.